The molecule has 0 fully saturated rings. The predicted octanol–water partition coefficient (Wildman–Crippen LogP) is 4.14. The van der Waals surface area contributed by atoms with Gasteiger partial charge in [-0.3, -0.25) is 9.69 Å². The molecule has 0 bridgehead atoms. The van der Waals surface area contributed by atoms with Crippen molar-refractivity contribution in [3.05, 3.63) is 98.7 Å². The van der Waals surface area contributed by atoms with E-state index < -0.39 is 0 Å². The number of aromatic amines is 1. The summed E-state index contributed by atoms with van der Waals surface area (Å²) >= 11 is 6.70. The van der Waals surface area contributed by atoms with Gasteiger partial charge >= 0.3 is 0 Å². The smallest absolute Gasteiger partial charge is 0.255 e. The van der Waals surface area contributed by atoms with E-state index in [2.05, 4.69) is 15.0 Å². The van der Waals surface area contributed by atoms with Gasteiger partial charge in [0.1, 0.15) is 11.0 Å². The number of aryl methyl sites for hydroxylation is 1. The van der Waals surface area contributed by atoms with Crippen LogP contribution in [0.25, 0.3) is 17.1 Å². The Balaban J connectivity index is 1.40. The first-order chi connectivity index (χ1) is 15.1. The van der Waals surface area contributed by atoms with Crippen molar-refractivity contribution >= 4 is 11.6 Å². The molecule has 1 aliphatic rings. The molecular formula is C24H22ClN5O. The lowest BCUT2D eigenvalue weighted by Crippen LogP contribution is -2.35. The second kappa shape index (κ2) is 8.13. The summed E-state index contributed by atoms with van der Waals surface area (Å²) in [5, 5.41) is 5.24. The molecule has 0 aliphatic carbocycles. The molecule has 0 saturated heterocycles. The Morgan fingerprint density at radius 2 is 1.77 bits per heavy atom. The lowest BCUT2D eigenvalue weighted by atomic mass is 10.1. The van der Waals surface area contributed by atoms with Gasteiger partial charge in [-0.2, -0.15) is 5.10 Å². The summed E-state index contributed by atoms with van der Waals surface area (Å²) in [4.78, 5) is 22.7. The maximum Gasteiger partial charge on any atom is 0.255 e. The molecule has 2 aromatic heterocycles. The summed E-state index contributed by atoms with van der Waals surface area (Å²) in [6.07, 6.45) is 0.725. The largest absolute Gasteiger partial charge is 0.306 e. The molecule has 1 N–H and O–H groups in total. The predicted molar refractivity (Wildman–Crippen MR) is 121 cm³/mol. The molecule has 2 aromatic carbocycles. The second-order valence-electron chi connectivity index (χ2n) is 7.77. The van der Waals surface area contributed by atoms with Crippen molar-refractivity contribution in [2.75, 3.05) is 6.54 Å². The number of fused-ring (bicyclic) bond motifs is 1. The molecule has 6 nitrogen and oxygen atoms in total. The zero-order valence-electron chi connectivity index (χ0n) is 17.2. The molecule has 0 radical (unpaired) electrons. The summed E-state index contributed by atoms with van der Waals surface area (Å²) < 4.78 is 1.77. The molecular weight excluding hydrogens is 410 g/mol. The first-order valence-corrected chi connectivity index (χ1v) is 10.7. The van der Waals surface area contributed by atoms with E-state index in [0.717, 1.165) is 46.7 Å². The molecule has 1 aliphatic heterocycles. The molecule has 31 heavy (non-hydrogen) atoms. The summed E-state index contributed by atoms with van der Waals surface area (Å²) in [7, 11) is 0. The van der Waals surface area contributed by atoms with Gasteiger partial charge in [0.05, 0.1) is 22.6 Å². The van der Waals surface area contributed by atoms with Gasteiger partial charge < -0.3 is 4.98 Å². The quantitative estimate of drug-likeness (QED) is 0.527. The standard InChI is InChI=1S/C24H22ClN5O/c1-16-19(22(25)30(28-16)18-10-6-3-7-11-18)14-29-13-12-21-20(15-29)24(31)27-23(26-21)17-8-4-2-5-9-17/h2-11H,12-15H2,1H3,(H,26,27,31). The lowest BCUT2D eigenvalue weighted by molar-refractivity contribution is 0.241. The van der Waals surface area contributed by atoms with Gasteiger partial charge in [0.25, 0.3) is 5.56 Å². The van der Waals surface area contributed by atoms with Gasteiger partial charge in [0.15, 0.2) is 0 Å². The number of hydrogen-bond donors (Lipinski definition) is 1. The van der Waals surface area contributed by atoms with E-state index in [4.69, 9.17) is 16.6 Å². The molecule has 7 heteroatoms. The van der Waals surface area contributed by atoms with Gasteiger partial charge in [-0.25, -0.2) is 9.67 Å². The fourth-order valence-electron chi connectivity index (χ4n) is 4.02. The SMILES string of the molecule is Cc1nn(-c2ccccc2)c(Cl)c1CN1CCc2nc(-c3ccccc3)[nH]c(=O)c2C1. The first-order valence-electron chi connectivity index (χ1n) is 10.3. The molecule has 0 unspecified atom stereocenters. The van der Waals surface area contributed by atoms with Crippen LogP contribution in [0.2, 0.25) is 5.15 Å². The minimum absolute atomic E-state index is 0.0728. The number of hydrogen-bond acceptors (Lipinski definition) is 4. The Labute approximate surface area is 185 Å². The number of benzene rings is 2. The van der Waals surface area contributed by atoms with Crippen LogP contribution >= 0.6 is 11.6 Å². The third kappa shape index (κ3) is 3.80. The van der Waals surface area contributed by atoms with Crippen LogP contribution in [-0.4, -0.2) is 31.2 Å². The van der Waals surface area contributed by atoms with E-state index in [1.165, 1.54) is 0 Å². The Hall–Kier alpha value is -3.22. The van der Waals surface area contributed by atoms with Crippen LogP contribution in [0.3, 0.4) is 0 Å². The number of para-hydroxylation sites is 1. The molecule has 5 rings (SSSR count). The Kier molecular flexibility index (Phi) is 5.18. The van der Waals surface area contributed by atoms with Crippen molar-refractivity contribution in [1.82, 2.24) is 24.6 Å². The summed E-state index contributed by atoms with van der Waals surface area (Å²) in [5.74, 6) is 0.626. The highest BCUT2D eigenvalue weighted by molar-refractivity contribution is 6.30. The highest BCUT2D eigenvalue weighted by atomic mass is 35.5. The van der Waals surface area contributed by atoms with E-state index in [1.54, 1.807) is 4.68 Å². The van der Waals surface area contributed by atoms with Crippen molar-refractivity contribution in [3.8, 4) is 17.1 Å². The van der Waals surface area contributed by atoms with Crippen molar-refractivity contribution in [3.63, 3.8) is 0 Å². The summed E-state index contributed by atoms with van der Waals surface area (Å²) in [6, 6.07) is 19.6. The molecule has 0 atom stereocenters. The number of rotatable bonds is 4. The van der Waals surface area contributed by atoms with Crippen molar-refractivity contribution < 1.29 is 0 Å². The normalized spacial score (nSPS) is 13.9. The first kappa shape index (κ1) is 19.7. The third-order valence-electron chi connectivity index (χ3n) is 5.70. The van der Waals surface area contributed by atoms with Crippen molar-refractivity contribution in [2.24, 2.45) is 0 Å². The van der Waals surface area contributed by atoms with E-state index in [9.17, 15) is 4.79 Å². The lowest BCUT2D eigenvalue weighted by Gasteiger charge is -2.27. The van der Waals surface area contributed by atoms with Crippen LogP contribution < -0.4 is 5.56 Å². The number of H-pyrrole nitrogens is 1. The van der Waals surface area contributed by atoms with Crippen LogP contribution in [0.1, 0.15) is 22.5 Å². The maximum atomic E-state index is 12.8. The summed E-state index contributed by atoms with van der Waals surface area (Å²) in [6.45, 7) is 3.96. The minimum atomic E-state index is -0.0728. The molecule has 156 valence electrons. The molecule has 0 amide bonds. The molecule has 0 saturated carbocycles. The van der Waals surface area contributed by atoms with Crippen LogP contribution in [0, 0.1) is 6.92 Å². The van der Waals surface area contributed by atoms with Crippen LogP contribution in [0.15, 0.2) is 65.5 Å². The highest BCUT2D eigenvalue weighted by Gasteiger charge is 2.24. The average molecular weight is 432 g/mol. The van der Waals surface area contributed by atoms with Crippen molar-refractivity contribution in [1.29, 1.82) is 0 Å². The topological polar surface area (TPSA) is 66.8 Å². The van der Waals surface area contributed by atoms with E-state index >= 15 is 0 Å². The molecule has 0 spiro atoms. The van der Waals surface area contributed by atoms with Gasteiger partial charge in [0.2, 0.25) is 0 Å². The van der Waals surface area contributed by atoms with Gasteiger partial charge in [-0.05, 0) is 19.1 Å². The van der Waals surface area contributed by atoms with Gasteiger partial charge in [-0.15, -0.1) is 0 Å². The monoisotopic (exact) mass is 431 g/mol. The van der Waals surface area contributed by atoms with E-state index in [0.29, 0.717) is 24.1 Å². The minimum Gasteiger partial charge on any atom is -0.306 e. The summed E-state index contributed by atoms with van der Waals surface area (Å²) in [5.41, 5.74) is 5.26. The number of nitrogens with zero attached hydrogens (tertiary/aromatic N) is 4. The highest BCUT2D eigenvalue weighted by Crippen LogP contribution is 2.27. The van der Waals surface area contributed by atoms with Gasteiger partial charge in [0, 0.05) is 37.2 Å². The Morgan fingerprint density at radius 3 is 2.52 bits per heavy atom. The second-order valence-corrected chi connectivity index (χ2v) is 8.13. The molecule has 3 heterocycles. The molecule has 4 aromatic rings. The van der Waals surface area contributed by atoms with Gasteiger partial charge in [-0.1, -0.05) is 60.1 Å². The van der Waals surface area contributed by atoms with E-state index in [1.807, 2.05) is 67.6 Å². The van der Waals surface area contributed by atoms with E-state index in [-0.39, 0.29) is 5.56 Å². The number of nitrogens with one attached hydrogen (secondary N) is 1. The zero-order valence-corrected chi connectivity index (χ0v) is 17.9. The zero-order chi connectivity index (χ0) is 21.4. The Morgan fingerprint density at radius 1 is 1.06 bits per heavy atom. The fourth-order valence-corrected chi connectivity index (χ4v) is 4.36. The van der Waals surface area contributed by atoms with Crippen LogP contribution in [-0.2, 0) is 19.5 Å². The van der Waals surface area contributed by atoms with Crippen molar-refractivity contribution in [2.45, 2.75) is 26.4 Å². The fraction of sp³-hybridized carbons (Fsp3) is 0.208. The average Bonchev–Trinajstić information content (AvgIpc) is 3.09. The maximum absolute atomic E-state index is 12.8. The number of halogens is 1. The number of aromatic nitrogens is 4. The Bertz CT molecular complexity index is 1280. The third-order valence-corrected chi connectivity index (χ3v) is 6.09. The van der Waals surface area contributed by atoms with Crippen LogP contribution in [0.4, 0.5) is 0 Å². The van der Waals surface area contributed by atoms with Crippen LogP contribution in [0.5, 0.6) is 0 Å².